The topological polar surface area (TPSA) is 26.0 Å². The maximum atomic E-state index is 13.3. The van der Waals surface area contributed by atoms with E-state index in [0.717, 1.165) is 6.42 Å². The van der Waals surface area contributed by atoms with E-state index in [0.29, 0.717) is 18.5 Å². The van der Waals surface area contributed by atoms with Crippen molar-refractivity contribution in [2.45, 2.75) is 19.8 Å². The summed E-state index contributed by atoms with van der Waals surface area (Å²) in [5.41, 5.74) is 5.94. The first-order chi connectivity index (χ1) is 6.16. The Morgan fingerprint density at radius 2 is 2.00 bits per heavy atom. The molecule has 1 aromatic carbocycles. The van der Waals surface area contributed by atoms with E-state index in [1.165, 1.54) is 19.1 Å². The second-order valence-electron chi connectivity index (χ2n) is 3.04. The van der Waals surface area contributed by atoms with Gasteiger partial charge in [-0.05, 0) is 37.9 Å². The lowest BCUT2D eigenvalue weighted by Gasteiger charge is -2.05. The summed E-state index contributed by atoms with van der Waals surface area (Å²) in [6.07, 6.45) is 1.30. The summed E-state index contributed by atoms with van der Waals surface area (Å²) in [6, 6.07) is 2.78. The molecule has 13 heavy (non-hydrogen) atoms. The van der Waals surface area contributed by atoms with Gasteiger partial charge in [0.1, 0.15) is 11.6 Å². The highest BCUT2D eigenvalue weighted by molar-refractivity contribution is 5.26. The average molecular weight is 185 g/mol. The highest BCUT2D eigenvalue weighted by Crippen LogP contribution is 2.16. The van der Waals surface area contributed by atoms with E-state index < -0.39 is 11.6 Å². The zero-order chi connectivity index (χ0) is 9.84. The van der Waals surface area contributed by atoms with E-state index >= 15 is 0 Å². The van der Waals surface area contributed by atoms with Gasteiger partial charge in [0.15, 0.2) is 0 Å². The first-order valence-electron chi connectivity index (χ1n) is 4.30. The van der Waals surface area contributed by atoms with Gasteiger partial charge in [0.25, 0.3) is 0 Å². The molecule has 0 aromatic heterocycles. The van der Waals surface area contributed by atoms with Crippen LogP contribution in [-0.4, -0.2) is 6.54 Å². The molecule has 1 rings (SSSR count). The van der Waals surface area contributed by atoms with Crippen LogP contribution in [0.4, 0.5) is 8.78 Å². The second kappa shape index (κ2) is 4.33. The molecule has 0 saturated carbocycles. The van der Waals surface area contributed by atoms with Gasteiger partial charge in [-0.3, -0.25) is 0 Å². The van der Waals surface area contributed by atoms with Crippen LogP contribution in [0.25, 0.3) is 0 Å². The lowest BCUT2D eigenvalue weighted by molar-refractivity contribution is 0.555. The van der Waals surface area contributed by atoms with Gasteiger partial charge in [0.2, 0.25) is 0 Å². The van der Waals surface area contributed by atoms with Gasteiger partial charge in [-0.25, -0.2) is 8.78 Å². The molecule has 0 bridgehead atoms. The molecule has 2 N–H and O–H groups in total. The van der Waals surface area contributed by atoms with Gasteiger partial charge in [0, 0.05) is 5.56 Å². The number of hydrogen-bond acceptors (Lipinski definition) is 1. The molecule has 1 aromatic rings. The van der Waals surface area contributed by atoms with Crippen LogP contribution in [0.2, 0.25) is 0 Å². The van der Waals surface area contributed by atoms with Crippen LogP contribution >= 0.6 is 0 Å². The third-order valence-electron chi connectivity index (χ3n) is 2.05. The van der Waals surface area contributed by atoms with Crippen LogP contribution in [0.15, 0.2) is 12.1 Å². The molecule has 0 spiro atoms. The highest BCUT2D eigenvalue weighted by atomic mass is 19.1. The minimum Gasteiger partial charge on any atom is -0.330 e. The Kier molecular flexibility index (Phi) is 3.37. The van der Waals surface area contributed by atoms with E-state index in [1.807, 2.05) is 0 Å². The van der Waals surface area contributed by atoms with Crippen molar-refractivity contribution in [2.75, 3.05) is 6.54 Å². The first-order valence-corrected chi connectivity index (χ1v) is 4.30. The summed E-state index contributed by atoms with van der Waals surface area (Å²) in [6.45, 7) is 1.96. The molecular formula is C10H13F2N. The highest BCUT2D eigenvalue weighted by Gasteiger charge is 2.08. The second-order valence-corrected chi connectivity index (χ2v) is 3.04. The maximum absolute atomic E-state index is 13.3. The largest absolute Gasteiger partial charge is 0.330 e. The summed E-state index contributed by atoms with van der Waals surface area (Å²) in [5.74, 6) is -0.928. The van der Waals surface area contributed by atoms with Crippen molar-refractivity contribution in [1.29, 1.82) is 0 Å². The minimum atomic E-state index is -0.492. The number of aryl methyl sites for hydroxylation is 1. The summed E-state index contributed by atoms with van der Waals surface area (Å²) in [7, 11) is 0. The van der Waals surface area contributed by atoms with E-state index in [2.05, 4.69) is 0 Å². The molecule has 0 unspecified atom stereocenters. The van der Waals surface area contributed by atoms with Gasteiger partial charge >= 0.3 is 0 Å². The molecule has 0 aliphatic heterocycles. The number of halogens is 2. The van der Waals surface area contributed by atoms with Crippen LogP contribution in [0.5, 0.6) is 0 Å². The van der Waals surface area contributed by atoms with Crippen molar-refractivity contribution in [3.63, 3.8) is 0 Å². The predicted molar refractivity (Wildman–Crippen MR) is 48.5 cm³/mol. The van der Waals surface area contributed by atoms with E-state index in [4.69, 9.17) is 5.73 Å². The molecule has 0 amide bonds. The monoisotopic (exact) mass is 185 g/mol. The number of hydrogen-bond donors (Lipinski definition) is 1. The molecule has 0 aliphatic rings. The molecule has 0 saturated heterocycles. The normalized spacial score (nSPS) is 10.5. The van der Waals surface area contributed by atoms with Crippen LogP contribution in [-0.2, 0) is 6.42 Å². The quantitative estimate of drug-likeness (QED) is 0.767. The number of nitrogens with two attached hydrogens (primary N) is 1. The van der Waals surface area contributed by atoms with Crippen LogP contribution in [0.3, 0.4) is 0 Å². The average Bonchev–Trinajstić information content (AvgIpc) is 2.13. The van der Waals surface area contributed by atoms with Gasteiger partial charge < -0.3 is 5.73 Å². The summed E-state index contributed by atoms with van der Waals surface area (Å²) in [4.78, 5) is 0. The van der Waals surface area contributed by atoms with Crippen molar-refractivity contribution in [1.82, 2.24) is 0 Å². The molecule has 0 radical (unpaired) electrons. The molecule has 0 aliphatic carbocycles. The maximum Gasteiger partial charge on any atom is 0.132 e. The van der Waals surface area contributed by atoms with Gasteiger partial charge in [-0.15, -0.1) is 0 Å². The number of benzene rings is 1. The first kappa shape index (κ1) is 10.1. The lowest BCUT2D eigenvalue weighted by atomic mass is 10.1. The Morgan fingerprint density at radius 1 is 1.31 bits per heavy atom. The fourth-order valence-electron chi connectivity index (χ4n) is 1.20. The van der Waals surface area contributed by atoms with Crippen molar-refractivity contribution in [3.8, 4) is 0 Å². The van der Waals surface area contributed by atoms with Crippen LogP contribution < -0.4 is 5.73 Å². The Labute approximate surface area is 76.6 Å². The van der Waals surface area contributed by atoms with Gasteiger partial charge in [-0.2, -0.15) is 0 Å². The fraction of sp³-hybridized carbons (Fsp3) is 0.400. The molecule has 1 nitrogen and oxygen atoms in total. The van der Waals surface area contributed by atoms with Crippen molar-refractivity contribution in [3.05, 3.63) is 34.9 Å². The standard InChI is InChI=1S/C10H13F2N/c1-7-9(11)5-4-8(10(7)12)3-2-6-13/h4-5H,2-3,6,13H2,1H3. The SMILES string of the molecule is Cc1c(F)ccc(CCCN)c1F. The Balaban J connectivity index is 2.90. The fourth-order valence-corrected chi connectivity index (χ4v) is 1.20. The smallest absolute Gasteiger partial charge is 0.132 e. The zero-order valence-electron chi connectivity index (χ0n) is 7.61. The Hall–Kier alpha value is -0.960. The molecule has 72 valence electrons. The summed E-state index contributed by atoms with van der Waals surface area (Å²) in [5, 5.41) is 0. The molecule has 3 heteroatoms. The minimum absolute atomic E-state index is 0.0921. The molecule has 0 heterocycles. The van der Waals surface area contributed by atoms with Gasteiger partial charge in [0.05, 0.1) is 0 Å². The Bertz CT molecular complexity index is 297. The van der Waals surface area contributed by atoms with Crippen LogP contribution in [0, 0.1) is 18.6 Å². The van der Waals surface area contributed by atoms with Crippen LogP contribution in [0.1, 0.15) is 17.5 Å². The van der Waals surface area contributed by atoms with Gasteiger partial charge in [-0.1, -0.05) is 6.07 Å². The van der Waals surface area contributed by atoms with E-state index in [9.17, 15) is 8.78 Å². The number of rotatable bonds is 3. The molecule has 0 fully saturated rings. The van der Waals surface area contributed by atoms with Crippen molar-refractivity contribution in [2.24, 2.45) is 5.73 Å². The predicted octanol–water partition coefficient (Wildman–Crippen LogP) is 2.16. The molecular weight excluding hydrogens is 172 g/mol. The van der Waals surface area contributed by atoms with Crippen molar-refractivity contribution < 1.29 is 8.78 Å². The molecule has 0 atom stereocenters. The summed E-state index contributed by atoms with van der Waals surface area (Å²) < 4.78 is 26.1. The zero-order valence-corrected chi connectivity index (χ0v) is 7.61. The van der Waals surface area contributed by atoms with E-state index in [1.54, 1.807) is 0 Å². The van der Waals surface area contributed by atoms with Crippen molar-refractivity contribution >= 4 is 0 Å². The van der Waals surface area contributed by atoms with E-state index in [-0.39, 0.29) is 5.56 Å². The Morgan fingerprint density at radius 3 is 2.62 bits per heavy atom. The third-order valence-corrected chi connectivity index (χ3v) is 2.05. The summed E-state index contributed by atoms with van der Waals surface area (Å²) >= 11 is 0. The lowest BCUT2D eigenvalue weighted by Crippen LogP contribution is -2.03. The third kappa shape index (κ3) is 2.25.